The molecule has 0 saturated carbocycles. The van der Waals surface area contributed by atoms with Crippen LogP contribution in [0.1, 0.15) is 0 Å². The van der Waals surface area contributed by atoms with E-state index in [0.717, 1.165) is 8.75 Å². The molecule has 5 atom stereocenters. The fraction of sp³-hybridized carbons (Fsp3) is 0.938. The summed E-state index contributed by atoms with van der Waals surface area (Å²) in [6, 6.07) is 0. The summed E-state index contributed by atoms with van der Waals surface area (Å²) in [7, 11) is 3.57. The fourth-order valence-corrected chi connectivity index (χ4v) is 125. The number of aldehydes is 1. The van der Waals surface area contributed by atoms with E-state index in [1.165, 1.54) is 28.9 Å². The molecule has 20 heavy (non-hydrogen) atoms. The van der Waals surface area contributed by atoms with Crippen LogP contribution in [-0.4, -0.2) is 37.8 Å². The van der Waals surface area contributed by atoms with Gasteiger partial charge in [0.15, 0.2) is 0 Å². The molecule has 5 unspecified atom stereocenters. The van der Waals surface area contributed by atoms with Gasteiger partial charge in [-0.25, -0.2) is 0 Å². The fourth-order valence-electron chi connectivity index (χ4n) is 20.9. The second kappa shape index (κ2) is 0.734. The van der Waals surface area contributed by atoms with Crippen molar-refractivity contribution in [3.63, 3.8) is 0 Å². The zero-order chi connectivity index (χ0) is 13.6. The van der Waals surface area contributed by atoms with Crippen LogP contribution in [0.25, 0.3) is 0 Å². The van der Waals surface area contributed by atoms with Crippen molar-refractivity contribution in [2.24, 2.45) is 0 Å². The van der Waals surface area contributed by atoms with E-state index in [-0.39, 0.29) is 0 Å². The molecule has 110 valence electrons. The molecule has 0 bridgehead atoms. The van der Waals surface area contributed by atoms with Crippen molar-refractivity contribution in [2.45, 2.75) is 66.0 Å². The topological polar surface area (TPSA) is 20.3 Å². The number of carbonyl (C=O) groups excluding carboxylic acids is 1. The van der Waals surface area contributed by atoms with Crippen molar-refractivity contribution in [3.05, 3.63) is 0 Å². The molecule has 0 radical (unpaired) electrons. The predicted molar refractivity (Wildman–Crippen MR) is 77.5 cm³/mol. The van der Waals surface area contributed by atoms with Crippen LogP contribution in [0.3, 0.4) is 0 Å². The molecule has 1 spiro atoms. The van der Waals surface area contributed by atoms with Crippen molar-refractivity contribution < 1.29 is 11.3 Å². The van der Waals surface area contributed by atoms with E-state index in [9.17, 15) is 4.79 Å². The summed E-state index contributed by atoms with van der Waals surface area (Å²) in [6.07, 6.45) is 1.63. The van der Waals surface area contributed by atoms with Gasteiger partial charge in [0.25, 0.3) is 0 Å². The molecule has 0 N–H and O–H groups in total. The summed E-state index contributed by atoms with van der Waals surface area (Å²) in [6.45, 7) is 4.48. The zero-order valence-electron chi connectivity index (χ0n) is 12.8. The quantitative estimate of drug-likeness (QED) is 0.582. The second-order valence-electron chi connectivity index (χ2n) is 13.1. The van der Waals surface area contributed by atoms with E-state index < -0.39 is 14.6 Å². The summed E-state index contributed by atoms with van der Waals surface area (Å²) in [4.78, 5) is 23.6. The molecule has 0 aliphatic carbocycles. The summed E-state index contributed by atoms with van der Waals surface area (Å²) in [5, 5.41) is 0. The van der Waals surface area contributed by atoms with Crippen LogP contribution in [0.2, 0.25) is 61.6 Å². The van der Waals surface area contributed by atoms with E-state index >= 15 is 0 Å². The Morgan fingerprint density at radius 3 is 1.75 bits per heavy atom. The Labute approximate surface area is 111 Å². The van der Waals surface area contributed by atoms with Crippen LogP contribution in [0.15, 0.2) is 0 Å². The Balaban J connectivity index is 1.69. The van der Waals surface area contributed by atoms with Gasteiger partial charge in [-0.3, -0.25) is 0 Å². The standard InChI is InChI=1S/C11H18NOSi.C5H5.Fe/c1-12(2)11-9(8-13)6-7-10(11)14(3,4)5;1-2-4-5-3-1;/h6-8H,1-5H3;1-5H;. The molecule has 10 heterocycles. The zero-order valence-corrected chi connectivity index (χ0v) is 14.9. The molecule has 2 nitrogen and oxygen atoms in total. The number of rotatable bonds is 3. The van der Waals surface area contributed by atoms with Crippen LogP contribution in [0, 0.1) is 0 Å². The van der Waals surface area contributed by atoms with Gasteiger partial charge in [0.1, 0.15) is 0 Å². The van der Waals surface area contributed by atoms with Crippen LogP contribution in [0.5, 0.6) is 0 Å². The summed E-state index contributed by atoms with van der Waals surface area (Å²) in [5.41, 5.74) is 0. The van der Waals surface area contributed by atoms with Crippen molar-refractivity contribution in [3.8, 4) is 0 Å². The van der Waals surface area contributed by atoms with E-state index in [4.69, 9.17) is 0 Å². The minimum absolute atomic E-state index is 0.352. The third-order valence-corrected chi connectivity index (χ3v) is 69.4. The summed E-state index contributed by atoms with van der Waals surface area (Å²) >= 11 is 0. The molecule has 0 amide bonds. The maximum atomic E-state index is 12.6. The van der Waals surface area contributed by atoms with Crippen LogP contribution in [0.4, 0.5) is 0 Å². The molecule has 10 rings (SSSR count). The number of nitrogens with zero attached hydrogens (tertiary/aromatic N) is 1. The monoisotopic (exact) mass is 329 g/mol. The molecule has 10 fully saturated rings. The van der Waals surface area contributed by atoms with Gasteiger partial charge < -0.3 is 0 Å². The first-order valence-electron chi connectivity index (χ1n) is 8.43. The Kier molecular flexibility index (Phi) is 0.325. The van der Waals surface area contributed by atoms with Gasteiger partial charge in [0.2, 0.25) is 0 Å². The molecule has 0 aromatic carbocycles. The molecular formula is C16H23FeNOSi. The Morgan fingerprint density at radius 2 is 1.50 bits per heavy atom. The van der Waals surface area contributed by atoms with E-state index in [2.05, 4.69) is 38.6 Å². The van der Waals surface area contributed by atoms with Gasteiger partial charge in [-0.05, 0) is 0 Å². The SMILES string of the molecule is CN(C)[C]12[C]3(C=O)[CH]4[CH]5[C]1([Si](C)(C)C)[Fe]45321678[CH]2[CH]1[CH]6[CH]7[CH]28. The van der Waals surface area contributed by atoms with Crippen molar-refractivity contribution in [1.29, 1.82) is 0 Å². The van der Waals surface area contributed by atoms with Gasteiger partial charge in [-0.1, -0.05) is 0 Å². The molecule has 0 aromatic rings. The number of carbonyl (C=O) groups is 1. The normalized spacial score (nSPS) is 112. The number of hydrogen-bond acceptors (Lipinski definition) is 2. The maximum absolute atomic E-state index is 12.6. The van der Waals surface area contributed by atoms with Crippen molar-refractivity contribution in [2.75, 3.05) is 14.1 Å². The van der Waals surface area contributed by atoms with Gasteiger partial charge in [-0.15, -0.1) is 0 Å². The Bertz CT molecular complexity index is 1140. The average molecular weight is 329 g/mol. The van der Waals surface area contributed by atoms with Crippen molar-refractivity contribution in [1.82, 2.24) is 4.90 Å². The molecule has 4 heteroatoms. The molecule has 10 saturated heterocycles. The van der Waals surface area contributed by atoms with Gasteiger partial charge in [0.05, 0.1) is 0 Å². The first kappa shape index (κ1) is 8.86. The second-order valence-corrected chi connectivity index (χ2v) is 41.8. The summed E-state index contributed by atoms with van der Waals surface area (Å²) < 4.78 is 1.75. The van der Waals surface area contributed by atoms with Crippen LogP contribution < -0.4 is 0 Å². The first-order chi connectivity index (χ1) is 9.08. The van der Waals surface area contributed by atoms with Crippen molar-refractivity contribution >= 4 is 14.4 Å². The van der Waals surface area contributed by atoms with E-state index in [1.54, 1.807) is 6.29 Å². The molecular weight excluding hydrogens is 306 g/mol. The third kappa shape index (κ3) is 0.0823. The predicted octanol–water partition coefficient (Wildman–Crippen LogP) is 3.66. The molecule has 0 aromatic heterocycles. The number of fused-ring (bicyclic) bond motifs is 10. The van der Waals surface area contributed by atoms with Gasteiger partial charge in [-0.2, -0.15) is 0 Å². The van der Waals surface area contributed by atoms with Crippen LogP contribution in [-0.2, 0) is 11.3 Å². The molecule has 10 aliphatic heterocycles. The summed E-state index contributed by atoms with van der Waals surface area (Å²) in [5.74, 6) is 0. The molecule has 10 aliphatic rings. The van der Waals surface area contributed by atoms with Gasteiger partial charge in [0, 0.05) is 0 Å². The Morgan fingerprint density at radius 1 is 1.00 bits per heavy atom. The first-order valence-corrected chi connectivity index (χ1v) is 18.0. The van der Waals surface area contributed by atoms with E-state index in [0.29, 0.717) is 8.75 Å². The van der Waals surface area contributed by atoms with Crippen LogP contribution >= 0.6 is 0 Å². The minimum atomic E-state index is -3.59. The Hall–Kier alpha value is 0.366. The average Bonchev–Trinajstić information content (AvgIpc) is 3.29. The number of hydrogen-bond donors (Lipinski definition) is 0. The van der Waals surface area contributed by atoms with Gasteiger partial charge >= 0.3 is 111 Å². The third-order valence-electron chi connectivity index (χ3n) is 16.9. The van der Waals surface area contributed by atoms with E-state index in [1.807, 2.05) is 0 Å².